The number of hydrogen-bond donors (Lipinski definition) is 2. The fourth-order valence-electron chi connectivity index (χ4n) is 1.63. The number of nitrogens with one attached hydrogen (secondary N) is 2. The van der Waals surface area contributed by atoms with Crippen LogP contribution < -0.4 is 10.6 Å². The first-order chi connectivity index (χ1) is 11.4. The van der Waals surface area contributed by atoms with Gasteiger partial charge in [0.1, 0.15) is 5.82 Å². The molecule has 0 fully saturated rings. The number of urea groups is 1. The molecule has 0 bridgehead atoms. The lowest BCUT2D eigenvalue weighted by Crippen LogP contribution is -2.41. The summed E-state index contributed by atoms with van der Waals surface area (Å²) in [4.78, 5) is 34.3. The standard InChI is InChI=1S/C17H21FN2O4/c1-12(2)9-10-19-17(23)20-15(21)11-24-16(22)8-7-13-5-3-4-6-14(13)18/h3-8,12H,9-11H2,1-2H3,(H2,19,20,21,23)/b8-7+. The summed E-state index contributed by atoms with van der Waals surface area (Å²) in [6, 6.07) is 5.27. The molecular formula is C17H21FN2O4. The van der Waals surface area contributed by atoms with E-state index in [4.69, 9.17) is 0 Å². The second kappa shape index (κ2) is 10.1. The van der Waals surface area contributed by atoms with Gasteiger partial charge < -0.3 is 10.1 Å². The molecule has 0 heterocycles. The molecule has 1 rings (SSSR count). The molecule has 24 heavy (non-hydrogen) atoms. The van der Waals surface area contributed by atoms with Crippen LogP contribution in [0.25, 0.3) is 6.08 Å². The molecule has 1 aromatic rings. The zero-order valence-corrected chi connectivity index (χ0v) is 13.7. The van der Waals surface area contributed by atoms with Gasteiger partial charge in [-0.25, -0.2) is 14.0 Å². The molecule has 0 saturated heterocycles. The number of rotatable bonds is 7. The summed E-state index contributed by atoms with van der Waals surface area (Å²) in [5.74, 6) is -1.60. The third-order valence-electron chi connectivity index (χ3n) is 2.91. The van der Waals surface area contributed by atoms with E-state index in [1.165, 1.54) is 24.3 Å². The van der Waals surface area contributed by atoms with Crippen LogP contribution >= 0.6 is 0 Å². The molecule has 7 heteroatoms. The second-order valence-corrected chi connectivity index (χ2v) is 5.45. The number of amides is 3. The summed E-state index contributed by atoms with van der Waals surface area (Å²) < 4.78 is 18.0. The molecular weight excluding hydrogens is 315 g/mol. The van der Waals surface area contributed by atoms with Crippen molar-refractivity contribution in [2.24, 2.45) is 5.92 Å². The van der Waals surface area contributed by atoms with Gasteiger partial charge in [0, 0.05) is 18.2 Å². The first-order valence-electron chi connectivity index (χ1n) is 7.55. The molecule has 0 saturated carbocycles. The van der Waals surface area contributed by atoms with E-state index in [0.29, 0.717) is 12.5 Å². The van der Waals surface area contributed by atoms with Crippen molar-refractivity contribution < 1.29 is 23.5 Å². The van der Waals surface area contributed by atoms with E-state index >= 15 is 0 Å². The maximum atomic E-state index is 13.3. The number of carbonyl (C=O) groups excluding carboxylic acids is 3. The van der Waals surface area contributed by atoms with Gasteiger partial charge in [0.05, 0.1) is 0 Å². The fourth-order valence-corrected chi connectivity index (χ4v) is 1.63. The molecule has 0 unspecified atom stereocenters. The molecule has 130 valence electrons. The number of esters is 1. The van der Waals surface area contributed by atoms with Crippen molar-refractivity contribution in [2.75, 3.05) is 13.2 Å². The average molecular weight is 336 g/mol. The highest BCUT2D eigenvalue weighted by atomic mass is 19.1. The SMILES string of the molecule is CC(C)CCNC(=O)NC(=O)COC(=O)/C=C/c1ccccc1F. The van der Waals surface area contributed by atoms with Gasteiger partial charge in [-0.2, -0.15) is 0 Å². The average Bonchev–Trinajstić information content (AvgIpc) is 2.51. The molecule has 0 aromatic heterocycles. The lowest BCUT2D eigenvalue weighted by Gasteiger charge is -2.08. The number of ether oxygens (including phenoxy) is 1. The highest BCUT2D eigenvalue weighted by molar-refractivity contribution is 5.96. The van der Waals surface area contributed by atoms with Crippen LogP contribution in [-0.2, 0) is 14.3 Å². The van der Waals surface area contributed by atoms with Gasteiger partial charge in [0.2, 0.25) is 0 Å². The highest BCUT2D eigenvalue weighted by Gasteiger charge is 2.09. The molecule has 0 aliphatic heterocycles. The molecule has 0 radical (unpaired) electrons. The van der Waals surface area contributed by atoms with Gasteiger partial charge in [-0.1, -0.05) is 32.0 Å². The Morgan fingerprint density at radius 3 is 2.62 bits per heavy atom. The Balaban J connectivity index is 2.30. The van der Waals surface area contributed by atoms with E-state index in [9.17, 15) is 18.8 Å². The summed E-state index contributed by atoms with van der Waals surface area (Å²) in [5.41, 5.74) is 0.225. The Bertz CT molecular complexity index is 614. The largest absolute Gasteiger partial charge is 0.452 e. The van der Waals surface area contributed by atoms with Crippen molar-refractivity contribution in [3.05, 3.63) is 41.7 Å². The number of benzene rings is 1. The molecule has 3 amide bonds. The quantitative estimate of drug-likeness (QED) is 0.591. The lowest BCUT2D eigenvalue weighted by atomic mass is 10.1. The minimum atomic E-state index is -0.811. The molecule has 0 aliphatic rings. The van der Waals surface area contributed by atoms with Crippen LogP contribution in [0, 0.1) is 11.7 Å². The van der Waals surface area contributed by atoms with Crippen molar-refractivity contribution >= 4 is 24.0 Å². The fraction of sp³-hybridized carbons (Fsp3) is 0.353. The molecule has 0 atom stereocenters. The van der Waals surface area contributed by atoms with Gasteiger partial charge in [0.15, 0.2) is 6.61 Å². The predicted molar refractivity (Wildman–Crippen MR) is 87.4 cm³/mol. The van der Waals surface area contributed by atoms with Crippen LogP contribution in [0.3, 0.4) is 0 Å². The zero-order chi connectivity index (χ0) is 17.9. The van der Waals surface area contributed by atoms with Crippen LogP contribution in [0.5, 0.6) is 0 Å². The lowest BCUT2D eigenvalue weighted by molar-refractivity contribution is -0.143. The summed E-state index contributed by atoms with van der Waals surface area (Å²) in [6.45, 7) is 3.87. The third-order valence-corrected chi connectivity index (χ3v) is 2.91. The zero-order valence-electron chi connectivity index (χ0n) is 13.7. The van der Waals surface area contributed by atoms with Crippen LogP contribution in [0.15, 0.2) is 30.3 Å². The Labute approximate surface area is 140 Å². The van der Waals surface area contributed by atoms with Crippen LogP contribution in [0.4, 0.5) is 9.18 Å². The van der Waals surface area contributed by atoms with E-state index in [-0.39, 0.29) is 5.56 Å². The van der Waals surface area contributed by atoms with Crippen molar-refractivity contribution in [1.29, 1.82) is 0 Å². The minimum absolute atomic E-state index is 0.225. The monoisotopic (exact) mass is 336 g/mol. The smallest absolute Gasteiger partial charge is 0.331 e. The van der Waals surface area contributed by atoms with Crippen molar-refractivity contribution in [1.82, 2.24) is 10.6 Å². The third kappa shape index (κ3) is 8.07. The van der Waals surface area contributed by atoms with Gasteiger partial charge in [-0.05, 0) is 24.5 Å². The summed E-state index contributed by atoms with van der Waals surface area (Å²) >= 11 is 0. The molecule has 1 aromatic carbocycles. The van der Waals surface area contributed by atoms with Gasteiger partial charge >= 0.3 is 12.0 Å². The number of imide groups is 1. The summed E-state index contributed by atoms with van der Waals surface area (Å²) in [5, 5.41) is 4.56. The van der Waals surface area contributed by atoms with Crippen LogP contribution in [-0.4, -0.2) is 31.1 Å². The van der Waals surface area contributed by atoms with Gasteiger partial charge in [-0.15, -0.1) is 0 Å². The topological polar surface area (TPSA) is 84.5 Å². The Morgan fingerprint density at radius 1 is 1.25 bits per heavy atom. The number of halogens is 1. The van der Waals surface area contributed by atoms with Crippen LogP contribution in [0.2, 0.25) is 0 Å². The van der Waals surface area contributed by atoms with Crippen molar-refractivity contribution in [3.8, 4) is 0 Å². The van der Waals surface area contributed by atoms with Gasteiger partial charge in [-0.3, -0.25) is 10.1 Å². The first-order valence-corrected chi connectivity index (χ1v) is 7.55. The summed E-state index contributed by atoms with van der Waals surface area (Å²) in [6.07, 6.45) is 3.04. The van der Waals surface area contributed by atoms with E-state index in [1.807, 2.05) is 19.2 Å². The van der Waals surface area contributed by atoms with E-state index < -0.39 is 30.3 Å². The Hall–Kier alpha value is -2.70. The number of hydrogen-bond acceptors (Lipinski definition) is 4. The number of carbonyl (C=O) groups is 3. The van der Waals surface area contributed by atoms with Crippen LogP contribution in [0.1, 0.15) is 25.8 Å². The second-order valence-electron chi connectivity index (χ2n) is 5.45. The highest BCUT2D eigenvalue weighted by Crippen LogP contribution is 2.08. The molecule has 0 spiro atoms. The predicted octanol–water partition coefficient (Wildman–Crippen LogP) is 2.25. The Kier molecular flexibility index (Phi) is 8.18. The minimum Gasteiger partial charge on any atom is -0.452 e. The molecule has 6 nitrogen and oxygen atoms in total. The van der Waals surface area contributed by atoms with E-state index in [1.54, 1.807) is 6.07 Å². The van der Waals surface area contributed by atoms with Gasteiger partial charge in [0.25, 0.3) is 5.91 Å². The molecule has 0 aliphatic carbocycles. The normalized spacial score (nSPS) is 10.7. The maximum absolute atomic E-state index is 13.3. The van der Waals surface area contributed by atoms with Crippen molar-refractivity contribution in [2.45, 2.75) is 20.3 Å². The molecule has 2 N–H and O–H groups in total. The first kappa shape index (κ1) is 19.3. The summed E-state index contributed by atoms with van der Waals surface area (Å²) in [7, 11) is 0. The van der Waals surface area contributed by atoms with Crippen molar-refractivity contribution in [3.63, 3.8) is 0 Å². The van der Waals surface area contributed by atoms with E-state index in [2.05, 4.69) is 10.1 Å². The Morgan fingerprint density at radius 2 is 1.96 bits per heavy atom. The van der Waals surface area contributed by atoms with E-state index in [0.717, 1.165) is 12.5 Å². The maximum Gasteiger partial charge on any atom is 0.331 e.